The molecule has 0 unspecified atom stereocenters. The van der Waals surface area contributed by atoms with Gasteiger partial charge in [0, 0.05) is 6.72 Å². The quantitative estimate of drug-likeness (QED) is 0.279. The molecule has 0 saturated carbocycles. The SMILES string of the molecule is C=NNC(=O)S. The molecule has 0 aliphatic rings. The van der Waals surface area contributed by atoms with Crippen molar-refractivity contribution < 1.29 is 4.79 Å². The summed E-state index contributed by atoms with van der Waals surface area (Å²) >= 11 is 3.29. The van der Waals surface area contributed by atoms with Crippen molar-refractivity contribution >= 4 is 24.6 Å². The van der Waals surface area contributed by atoms with Gasteiger partial charge in [-0.2, -0.15) is 5.10 Å². The Morgan fingerprint density at radius 2 is 2.50 bits per heavy atom. The predicted molar refractivity (Wildman–Crippen MR) is 27.1 cm³/mol. The van der Waals surface area contributed by atoms with E-state index in [1.54, 1.807) is 0 Å². The van der Waals surface area contributed by atoms with Crippen molar-refractivity contribution in [1.82, 2.24) is 5.43 Å². The average molecular weight is 104 g/mol. The minimum atomic E-state index is -0.495. The van der Waals surface area contributed by atoms with Gasteiger partial charge in [-0.05, 0) is 0 Å². The van der Waals surface area contributed by atoms with Crippen LogP contribution in [0.1, 0.15) is 0 Å². The molecule has 0 spiro atoms. The highest BCUT2D eigenvalue weighted by atomic mass is 32.1. The van der Waals surface area contributed by atoms with E-state index in [9.17, 15) is 4.79 Å². The Labute approximate surface area is 40.8 Å². The zero-order valence-corrected chi connectivity index (χ0v) is 3.90. The lowest BCUT2D eigenvalue weighted by Crippen LogP contribution is -2.05. The maximum absolute atomic E-state index is 9.66. The number of carbonyl (C=O) groups excluding carboxylic acids is 1. The Balaban J connectivity index is 3.05. The molecule has 0 bridgehead atoms. The maximum atomic E-state index is 9.66. The lowest BCUT2D eigenvalue weighted by atomic mass is 11.4. The van der Waals surface area contributed by atoms with Gasteiger partial charge in [-0.25, -0.2) is 5.43 Å². The summed E-state index contributed by atoms with van der Waals surface area (Å²) in [5.74, 6) is 0. The summed E-state index contributed by atoms with van der Waals surface area (Å²) in [5, 5.41) is 2.51. The van der Waals surface area contributed by atoms with Crippen molar-refractivity contribution in [3.63, 3.8) is 0 Å². The van der Waals surface area contributed by atoms with Gasteiger partial charge in [0.2, 0.25) is 0 Å². The lowest BCUT2D eigenvalue weighted by molar-refractivity contribution is 0.261. The van der Waals surface area contributed by atoms with Crippen molar-refractivity contribution in [3.8, 4) is 0 Å². The summed E-state index contributed by atoms with van der Waals surface area (Å²) in [6.45, 7) is 2.97. The van der Waals surface area contributed by atoms with Gasteiger partial charge in [0.05, 0.1) is 0 Å². The zero-order chi connectivity index (χ0) is 4.99. The standard InChI is InChI=1S/C2H4N2OS/c1-3-4-2(5)6/h1H2,(H2,4,5,6). The minimum Gasteiger partial charge on any atom is -0.260 e. The molecule has 34 valence electrons. The molecule has 4 heteroatoms. The van der Waals surface area contributed by atoms with Crippen molar-refractivity contribution in [2.75, 3.05) is 0 Å². The lowest BCUT2D eigenvalue weighted by Gasteiger charge is -1.81. The van der Waals surface area contributed by atoms with Crippen molar-refractivity contribution in [3.05, 3.63) is 0 Å². The molecule has 6 heavy (non-hydrogen) atoms. The molecule has 0 aromatic rings. The molecule has 3 nitrogen and oxygen atoms in total. The monoisotopic (exact) mass is 104 g/mol. The molecule has 0 atom stereocenters. The predicted octanol–water partition coefficient (Wildman–Crippen LogP) is 0.241. The number of hydrogen-bond acceptors (Lipinski definition) is 2. The first-order chi connectivity index (χ1) is 2.77. The molecular weight excluding hydrogens is 100 g/mol. The number of amides is 1. The highest BCUT2D eigenvalue weighted by Gasteiger charge is 1.78. The summed E-state index contributed by atoms with van der Waals surface area (Å²) in [6.07, 6.45) is 0. The molecule has 1 N–H and O–H groups in total. The number of thiol groups is 1. The van der Waals surface area contributed by atoms with Gasteiger partial charge >= 0.3 is 0 Å². The molecule has 0 radical (unpaired) electrons. The molecule has 0 aromatic heterocycles. The molecule has 0 heterocycles. The number of rotatable bonds is 1. The van der Waals surface area contributed by atoms with E-state index in [1.165, 1.54) is 0 Å². The van der Waals surface area contributed by atoms with Crippen LogP contribution in [-0.2, 0) is 0 Å². The van der Waals surface area contributed by atoms with E-state index in [0.29, 0.717) is 0 Å². The van der Waals surface area contributed by atoms with Gasteiger partial charge < -0.3 is 0 Å². The second-order valence-electron chi connectivity index (χ2n) is 0.575. The van der Waals surface area contributed by atoms with Crippen LogP contribution in [0.5, 0.6) is 0 Å². The first-order valence-electron chi connectivity index (χ1n) is 1.22. The topological polar surface area (TPSA) is 41.5 Å². The summed E-state index contributed by atoms with van der Waals surface area (Å²) in [5.41, 5.74) is 1.95. The third-order valence-electron chi connectivity index (χ3n) is 0.175. The van der Waals surface area contributed by atoms with Gasteiger partial charge in [-0.1, -0.05) is 12.6 Å². The number of hydrogen-bond donors (Lipinski definition) is 2. The van der Waals surface area contributed by atoms with Crippen LogP contribution < -0.4 is 5.43 Å². The number of hydrazone groups is 1. The molecule has 0 fully saturated rings. The van der Waals surface area contributed by atoms with Gasteiger partial charge in [-0.15, -0.1) is 0 Å². The average Bonchev–Trinajstić information content (AvgIpc) is 1.35. The second kappa shape index (κ2) is 2.71. The summed E-state index contributed by atoms with van der Waals surface area (Å²) in [4.78, 5) is 9.66. The van der Waals surface area contributed by atoms with Crippen LogP contribution in [0.15, 0.2) is 5.10 Å². The Bertz CT molecular complexity index is 71.9. The van der Waals surface area contributed by atoms with Crippen molar-refractivity contribution in [2.24, 2.45) is 5.10 Å². The molecule has 1 amide bonds. The van der Waals surface area contributed by atoms with Gasteiger partial charge in [0.15, 0.2) is 0 Å². The molecule has 0 rings (SSSR count). The highest BCUT2D eigenvalue weighted by molar-refractivity contribution is 7.96. The van der Waals surface area contributed by atoms with Gasteiger partial charge in [0.1, 0.15) is 0 Å². The van der Waals surface area contributed by atoms with E-state index >= 15 is 0 Å². The van der Waals surface area contributed by atoms with E-state index in [1.807, 2.05) is 5.43 Å². The summed E-state index contributed by atoms with van der Waals surface area (Å²) in [6, 6.07) is 0. The Kier molecular flexibility index (Phi) is 2.48. The molecule has 0 saturated heterocycles. The van der Waals surface area contributed by atoms with Crippen LogP contribution in [0.25, 0.3) is 0 Å². The van der Waals surface area contributed by atoms with Crippen LogP contribution in [0.2, 0.25) is 0 Å². The van der Waals surface area contributed by atoms with Crippen LogP contribution in [-0.4, -0.2) is 12.0 Å². The van der Waals surface area contributed by atoms with Gasteiger partial charge in [0.25, 0.3) is 5.24 Å². The first-order valence-corrected chi connectivity index (χ1v) is 1.66. The first kappa shape index (κ1) is 5.49. The zero-order valence-electron chi connectivity index (χ0n) is 3.01. The fourth-order valence-corrected chi connectivity index (χ4v) is 0.138. The second-order valence-corrected chi connectivity index (χ2v) is 0.981. The van der Waals surface area contributed by atoms with E-state index in [2.05, 4.69) is 24.4 Å². The fraction of sp³-hybridized carbons (Fsp3) is 0. The minimum absolute atomic E-state index is 0.495. The van der Waals surface area contributed by atoms with Crippen LogP contribution >= 0.6 is 12.6 Å². The largest absolute Gasteiger partial charge is 0.296 e. The third-order valence-corrected chi connectivity index (χ3v) is 0.275. The van der Waals surface area contributed by atoms with Crippen LogP contribution in [0.3, 0.4) is 0 Å². The smallest absolute Gasteiger partial charge is 0.260 e. The van der Waals surface area contributed by atoms with Crippen LogP contribution in [0, 0.1) is 0 Å². The molecule has 0 aliphatic heterocycles. The van der Waals surface area contributed by atoms with Crippen LogP contribution in [0.4, 0.5) is 4.79 Å². The third kappa shape index (κ3) is 3.49. The number of nitrogens with one attached hydrogen (secondary N) is 1. The molecular formula is C2H4N2OS. The van der Waals surface area contributed by atoms with E-state index in [4.69, 9.17) is 0 Å². The Hall–Kier alpha value is -0.510. The van der Waals surface area contributed by atoms with Crippen molar-refractivity contribution in [1.29, 1.82) is 0 Å². The summed E-state index contributed by atoms with van der Waals surface area (Å²) in [7, 11) is 0. The number of nitrogens with zero attached hydrogens (tertiary/aromatic N) is 1. The molecule has 0 aromatic carbocycles. The normalized spacial score (nSPS) is 6.83. The maximum Gasteiger partial charge on any atom is 0.296 e. The Morgan fingerprint density at radius 1 is 2.00 bits per heavy atom. The molecule has 0 aliphatic carbocycles. The highest BCUT2D eigenvalue weighted by Crippen LogP contribution is 1.70. The summed E-state index contributed by atoms with van der Waals surface area (Å²) < 4.78 is 0. The number of carbonyl (C=O) groups is 1. The fourth-order valence-electron chi connectivity index (χ4n) is 0.0676. The van der Waals surface area contributed by atoms with E-state index in [-0.39, 0.29) is 0 Å². The van der Waals surface area contributed by atoms with Gasteiger partial charge in [-0.3, -0.25) is 4.79 Å². The van der Waals surface area contributed by atoms with Crippen molar-refractivity contribution in [2.45, 2.75) is 0 Å². The Morgan fingerprint density at radius 3 is 2.50 bits per heavy atom. The van der Waals surface area contributed by atoms with E-state index < -0.39 is 5.24 Å². The van der Waals surface area contributed by atoms with E-state index in [0.717, 1.165) is 0 Å².